The fourth-order valence-corrected chi connectivity index (χ4v) is 2.05. The molecule has 0 saturated carbocycles. The third kappa shape index (κ3) is 4.70. The third-order valence-corrected chi connectivity index (χ3v) is 3.09. The Hall–Kier alpha value is -0.500. The van der Waals surface area contributed by atoms with Crippen molar-refractivity contribution >= 4 is 16.4 Å². The summed E-state index contributed by atoms with van der Waals surface area (Å²) in [5, 5.41) is 0. The predicted molar refractivity (Wildman–Crippen MR) is 53.3 cm³/mol. The maximum atomic E-state index is 10.8. The van der Waals surface area contributed by atoms with Crippen LogP contribution in [0, 0.1) is 0 Å². The highest BCUT2D eigenvalue weighted by atomic mass is 32.2. The number of aldehydes is 1. The molecule has 0 aromatic rings. The van der Waals surface area contributed by atoms with E-state index in [4.69, 9.17) is 9.29 Å². The summed E-state index contributed by atoms with van der Waals surface area (Å²) >= 11 is 0. The molecule has 1 N–H and O–H groups in total. The molecule has 1 unspecified atom stereocenters. The van der Waals surface area contributed by atoms with Crippen LogP contribution in [0.3, 0.4) is 0 Å². The van der Waals surface area contributed by atoms with E-state index < -0.39 is 16.2 Å². The highest BCUT2D eigenvalue weighted by Gasteiger charge is 2.21. The molecule has 1 rings (SSSR count). The van der Waals surface area contributed by atoms with Crippen LogP contribution < -0.4 is 0 Å². The van der Waals surface area contributed by atoms with Gasteiger partial charge in [-0.15, -0.1) is 0 Å². The normalized spacial score (nSPS) is 21.1. The van der Waals surface area contributed by atoms with Crippen LogP contribution in [0.1, 0.15) is 6.42 Å². The summed E-state index contributed by atoms with van der Waals surface area (Å²) in [6.07, 6.45) is 0.846. The molecule has 1 fully saturated rings. The van der Waals surface area contributed by atoms with Crippen molar-refractivity contribution in [3.05, 3.63) is 0 Å². The molecule has 1 saturated heterocycles. The van der Waals surface area contributed by atoms with Crippen LogP contribution in [-0.2, 0) is 19.6 Å². The van der Waals surface area contributed by atoms with Gasteiger partial charge in [0.15, 0.2) is 0 Å². The van der Waals surface area contributed by atoms with Crippen LogP contribution in [0.25, 0.3) is 0 Å². The van der Waals surface area contributed by atoms with Gasteiger partial charge >= 0.3 is 0 Å². The van der Waals surface area contributed by atoms with Gasteiger partial charge in [-0.2, -0.15) is 8.42 Å². The van der Waals surface area contributed by atoms with Crippen molar-refractivity contribution < 1.29 is 22.5 Å². The lowest BCUT2D eigenvalue weighted by molar-refractivity contribution is -0.114. The molecule has 1 atom stereocenters. The Bertz CT molecular complexity index is 296. The molecule has 0 aromatic heterocycles. The minimum absolute atomic E-state index is 0.127. The SMILES string of the molecule is O=CC(CCS(=O)(=O)O)N1CCOCC1. The molecular weight excluding hydrogens is 222 g/mol. The molecular formula is C8H15NO5S. The van der Waals surface area contributed by atoms with E-state index in [2.05, 4.69) is 0 Å². The van der Waals surface area contributed by atoms with Crippen LogP contribution in [0.2, 0.25) is 0 Å². The van der Waals surface area contributed by atoms with E-state index in [0.717, 1.165) is 6.29 Å². The first-order chi connectivity index (χ1) is 7.03. The number of hydrogen-bond acceptors (Lipinski definition) is 5. The van der Waals surface area contributed by atoms with Crippen molar-refractivity contribution in [1.82, 2.24) is 4.90 Å². The lowest BCUT2D eigenvalue weighted by Crippen LogP contribution is -2.45. The van der Waals surface area contributed by atoms with Crippen molar-refractivity contribution in [2.45, 2.75) is 12.5 Å². The number of ether oxygens (including phenoxy) is 1. The Labute approximate surface area is 89.0 Å². The predicted octanol–water partition coefficient (Wildman–Crippen LogP) is -0.836. The van der Waals surface area contributed by atoms with Gasteiger partial charge in [0.1, 0.15) is 6.29 Å². The Morgan fingerprint density at radius 1 is 1.40 bits per heavy atom. The van der Waals surface area contributed by atoms with Crippen LogP contribution in [0.5, 0.6) is 0 Å². The number of morpholine rings is 1. The number of nitrogens with zero attached hydrogens (tertiary/aromatic N) is 1. The minimum atomic E-state index is -3.98. The summed E-state index contributed by atoms with van der Waals surface area (Å²) in [5.74, 6) is -0.381. The van der Waals surface area contributed by atoms with E-state index >= 15 is 0 Å². The maximum absolute atomic E-state index is 10.8. The zero-order chi connectivity index (χ0) is 11.3. The second kappa shape index (κ2) is 5.55. The van der Waals surface area contributed by atoms with Crippen molar-refractivity contribution in [3.63, 3.8) is 0 Å². The van der Waals surface area contributed by atoms with E-state index in [-0.39, 0.29) is 12.2 Å². The summed E-state index contributed by atoms with van der Waals surface area (Å²) < 4.78 is 34.7. The Morgan fingerprint density at radius 2 is 2.00 bits per heavy atom. The zero-order valence-corrected chi connectivity index (χ0v) is 9.15. The number of carbonyl (C=O) groups is 1. The summed E-state index contributed by atoms with van der Waals surface area (Å²) in [6, 6.07) is -0.448. The van der Waals surface area contributed by atoms with Crippen molar-refractivity contribution in [1.29, 1.82) is 0 Å². The van der Waals surface area contributed by atoms with Gasteiger partial charge in [-0.25, -0.2) is 0 Å². The molecule has 1 aliphatic rings. The van der Waals surface area contributed by atoms with Crippen molar-refractivity contribution in [2.24, 2.45) is 0 Å². The van der Waals surface area contributed by atoms with E-state index in [1.54, 1.807) is 0 Å². The van der Waals surface area contributed by atoms with Crippen molar-refractivity contribution in [3.8, 4) is 0 Å². The summed E-state index contributed by atoms with van der Waals surface area (Å²) in [7, 11) is -3.98. The molecule has 0 aliphatic carbocycles. The van der Waals surface area contributed by atoms with Crippen LogP contribution in [0.15, 0.2) is 0 Å². The number of rotatable bonds is 5. The average Bonchev–Trinajstić information content (AvgIpc) is 2.19. The molecule has 1 aliphatic heterocycles. The van der Waals surface area contributed by atoms with E-state index in [9.17, 15) is 13.2 Å². The summed E-state index contributed by atoms with van der Waals surface area (Å²) in [5.41, 5.74) is 0. The second-order valence-corrected chi connectivity index (χ2v) is 5.00. The van der Waals surface area contributed by atoms with Gasteiger partial charge in [0.05, 0.1) is 25.0 Å². The van der Waals surface area contributed by atoms with E-state index in [0.29, 0.717) is 26.3 Å². The highest BCUT2D eigenvalue weighted by molar-refractivity contribution is 7.85. The van der Waals surface area contributed by atoms with Crippen molar-refractivity contribution in [2.75, 3.05) is 32.1 Å². The molecule has 6 nitrogen and oxygen atoms in total. The first-order valence-corrected chi connectivity index (χ1v) is 6.36. The van der Waals surface area contributed by atoms with Gasteiger partial charge < -0.3 is 9.53 Å². The summed E-state index contributed by atoms with van der Waals surface area (Å²) in [6.45, 7) is 2.34. The van der Waals surface area contributed by atoms with E-state index in [1.165, 1.54) is 0 Å². The van der Waals surface area contributed by atoms with Gasteiger partial charge in [-0.3, -0.25) is 9.45 Å². The fraction of sp³-hybridized carbons (Fsp3) is 0.875. The van der Waals surface area contributed by atoms with Crippen LogP contribution >= 0.6 is 0 Å². The average molecular weight is 237 g/mol. The Kier molecular flexibility index (Phi) is 4.65. The third-order valence-electron chi connectivity index (χ3n) is 2.34. The summed E-state index contributed by atoms with van der Waals surface area (Å²) in [4.78, 5) is 12.6. The fourth-order valence-electron chi connectivity index (χ4n) is 1.52. The first kappa shape index (κ1) is 12.6. The molecule has 0 radical (unpaired) electrons. The van der Waals surface area contributed by atoms with Gasteiger partial charge in [0.25, 0.3) is 10.1 Å². The topological polar surface area (TPSA) is 83.9 Å². The molecule has 7 heteroatoms. The molecule has 0 aromatic carbocycles. The number of carbonyl (C=O) groups excluding carboxylic acids is 1. The smallest absolute Gasteiger partial charge is 0.264 e. The second-order valence-electron chi connectivity index (χ2n) is 3.43. The maximum Gasteiger partial charge on any atom is 0.264 e. The largest absolute Gasteiger partial charge is 0.379 e. The highest BCUT2D eigenvalue weighted by Crippen LogP contribution is 2.06. The van der Waals surface area contributed by atoms with Gasteiger partial charge in [0.2, 0.25) is 0 Å². The van der Waals surface area contributed by atoms with Crippen LogP contribution in [0.4, 0.5) is 0 Å². The molecule has 0 amide bonds. The number of hydrogen-bond donors (Lipinski definition) is 1. The minimum Gasteiger partial charge on any atom is -0.379 e. The van der Waals surface area contributed by atoms with Crippen LogP contribution in [-0.4, -0.2) is 62.3 Å². The van der Waals surface area contributed by atoms with Gasteiger partial charge in [-0.1, -0.05) is 0 Å². The standard InChI is InChI=1S/C8H15NO5S/c10-7-8(1-6-15(11,12)13)9-2-4-14-5-3-9/h7-8H,1-6H2,(H,11,12,13). The lowest BCUT2D eigenvalue weighted by Gasteiger charge is -2.31. The quantitative estimate of drug-likeness (QED) is 0.496. The molecule has 88 valence electrons. The first-order valence-electron chi connectivity index (χ1n) is 4.75. The van der Waals surface area contributed by atoms with Gasteiger partial charge in [-0.05, 0) is 6.42 Å². The Morgan fingerprint density at radius 3 is 2.47 bits per heavy atom. The Balaban J connectivity index is 2.44. The monoisotopic (exact) mass is 237 g/mol. The van der Waals surface area contributed by atoms with E-state index in [1.807, 2.05) is 4.90 Å². The molecule has 1 heterocycles. The zero-order valence-electron chi connectivity index (χ0n) is 8.33. The molecule has 0 spiro atoms. The lowest BCUT2D eigenvalue weighted by atomic mass is 10.2. The molecule has 15 heavy (non-hydrogen) atoms. The van der Waals surface area contributed by atoms with Gasteiger partial charge in [0, 0.05) is 13.1 Å². The molecule has 0 bridgehead atoms.